The van der Waals surface area contributed by atoms with E-state index in [9.17, 15) is 10.1 Å². The highest BCUT2D eigenvalue weighted by Gasteiger charge is 2.22. The number of anilines is 2. The Balaban J connectivity index is 2.25. The first-order valence-electron chi connectivity index (χ1n) is 7.25. The zero-order chi connectivity index (χ0) is 14.5. The van der Waals surface area contributed by atoms with Gasteiger partial charge in [-0.25, -0.2) is 4.98 Å². The van der Waals surface area contributed by atoms with Gasteiger partial charge in [-0.05, 0) is 19.3 Å². The molecule has 1 aliphatic carbocycles. The fourth-order valence-electron chi connectivity index (χ4n) is 2.61. The van der Waals surface area contributed by atoms with Gasteiger partial charge in [0.05, 0.1) is 17.1 Å². The molecule has 2 rings (SSSR count). The van der Waals surface area contributed by atoms with Gasteiger partial charge in [0.15, 0.2) is 0 Å². The van der Waals surface area contributed by atoms with E-state index in [4.69, 9.17) is 0 Å². The first-order valence-corrected chi connectivity index (χ1v) is 7.25. The van der Waals surface area contributed by atoms with E-state index >= 15 is 0 Å². The van der Waals surface area contributed by atoms with Crippen LogP contribution < -0.4 is 10.2 Å². The largest absolute Gasteiger partial charge is 0.370 e. The lowest BCUT2D eigenvalue weighted by atomic mass is 10.2. The average Bonchev–Trinajstić information content (AvgIpc) is 2.98. The van der Waals surface area contributed by atoms with Crippen molar-refractivity contribution in [3.8, 4) is 0 Å². The second kappa shape index (κ2) is 6.54. The van der Waals surface area contributed by atoms with E-state index in [1.807, 2.05) is 7.05 Å². The first-order chi connectivity index (χ1) is 9.61. The van der Waals surface area contributed by atoms with Crippen LogP contribution in [0.1, 0.15) is 39.0 Å². The molecule has 0 aromatic carbocycles. The number of nitrogens with zero attached hydrogens (tertiary/aromatic N) is 3. The lowest BCUT2D eigenvalue weighted by molar-refractivity contribution is -0.384. The second-order valence-electron chi connectivity index (χ2n) is 5.30. The molecule has 110 valence electrons. The highest BCUT2D eigenvalue weighted by atomic mass is 16.6. The summed E-state index contributed by atoms with van der Waals surface area (Å²) < 4.78 is 0. The topological polar surface area (TPSA) is 71.3 Å². The van der Waals surface area contributed by atoms with Crippen LogP contribution in [0.3, 0.4) is 0 Å². The van der Waals surface area contributed by atoms with Crippen molar-refractivity contribution in [1.29, 1.82) is 0 Å². The van der Waals surface area contributed by atoms with Crippen molar-refractivity contribution in [3.63, 3.8) is 0 Å². The summed E-state index contributed by atoms with van der Waals surface area (Å²) in [6, 6.07) is 3.51. The Hall–Kier alpha value is -1.85. The van der Waals surface area contributed by atoms with Crippen LogP contribution in [0.15, 0.2) is 12.1 Å². The van der Waals surface area contributed by atoms with Crippen molar-refractivity contribution in [2.45, 2.75) is 45.1 Å². The number of hydrogen-bond donors (Lipinski definition) is 1. The molecule has 6 nitrogen and oxygen atoms in total. The minimum atomic E-state index is -0.356. The van der Waals surface area contributed by atoms with Gasteiger partial charge in [0.2, 0.25) is 0 Å². The highest BCUT2D eigenvalue weighted by Crippen LogP contribution is 2.29. The molecule has 1 aliphatic rings. The third-order valence-corrected chi connectivity index (χ3v) is 3.80. The van der Waals surface area contributed by atoms with E-state index < -0.39 is 0 Å². The lowest BCUT2D eigenvalue weighted by Gasteiger charge is -2.25. The van der Waals surface area contributed by atoms with Gasteiger partial charge in [-0.15, -0.1) is 0 Å². The van der Waals surface area contributed by atoms with Crippen LogP contribution in [-0.4, -0.2) is 29.5 Å². The molecule has 0 spiro atoms. The maximum atomic E-state index is 11.1. The number of nitro groups is 1. The monoisotopic (exact) mass is 278 g/mol. The van der Waals surface area contributed by atoms with Crippen LogP contribution in [0.2, 0.25) is 0 Å². The molecule has 1 N–H and O–H groups in total. The molecule has 0 saturated heterocycles. The van der Waals surface area contributed by atoms with Crippen molar-refractivity contribution in [3.05, 3.63) is 22.2 Å². The molecular weight excluding hydrogens is 256 g/mol. The van der Waals surface area contributed by atoms with Gasteiger partial charge in [-0.1, -0.05) is 19.8 Å². The van der Waals surface area contributed by atoms with E-state index in [1.54, 1.807) is 6.07 Å². The molecular formula is C14H22N4O2. The maximum absolute atomic E-state index is 11.1. The minimum Gasteiger partial charge on any atom is -0.370 e. The van der Waals surface area contributed by atoms with Gasteiger partial charge in [-0.3, -0.25) is 10.1 Å². The number of aromatic nitrogens is 1. The zero-order valence-electron chi connectivity index (χ0n) is 12.1. The predicted molar refractivity (Wildman–Crippen MR) is 80.3 cm³/mol. The molecule has 1 aromatic rings. The molecule has 0 aliphatic heterocycles. The third-order valence-electron chi connectivity index (χ3n) is 3.80. The van der Waals surface area contributed by atoms with E-state index in [0.29, 0.717) is 17.7 Å². The number of pyridine rings is 1. The van der Waals surface area contributed by atoms with Crippen LogP contribution in [0.25, 0.3) is 0 Å². The summed E-state index contributed by atoms with van der Waals surface area (Å²) in [6.45, 7) is 2.82. The van der Waals surface area contributed by atoms with Crippen LogP contribution in [0.4, 0.5) is 17.3 Å². The van der Waals surface area contributed by atoms with E-state index in [2.05, 4.69) is 22.1 Å². The van der Waals surface area contributed by atoms with E-state index in [0.717, 1.165) is 25.8 Å². The van der Waals surface area contributed by atoms with Crippen molar-refractivity contribution in [1.82, 2.24) is 4.98 Å². The summed E-state index contributed by atoms with van der Waals surface area (Å²) in [7, 11) is 1.98. The second-order valence-corrected chi connectivity index (χ2v) is 5.30. The fraction of sp³-hybridized carbons (Fsp3) is 0.643. The first kappa shape index (κ1) is 14.6. The zero-order valence-corrected chi connectivity index (χ0v) is 12.1. The van der Waals surface area contributed by atoms with Crippen molar-refractivity contribution in [2.75, 3.05) is 23.8 Å². The van der Waals surface area contributed by atoms with Gasteiger partial charge < -0.3 is 10.2 Å². The van der Waals surface area contributed by atoms with Crippen molar-refractivity contribution >= 4 is 17.3 Å². The Labute approximate surface area is 119 Å². The summed E-state index contributed by atoms with van der Waals surface area (Å²) in [4.78, 5) is 17.3. The summed E-state index contributed by atoms with van der Waals surface area (Å²) >= 11 is 0. The van der Waals surface area contributed by atoms with Crippen LogP contribution in [-0.2, 0) is 0 Å². The Morgan fingerprint density at radius 2 is 2.15 bits per heavy atom. The Morgan fingerprint density at radius 1 is 1.45 bits per heavy atom. The SMILES string of the molecule is CCCNc1cc([N+](=O)[O-])cc(N(C)C2CCCC2)n1. The Morgan fingerprint density at radius 3 is 2.75 bits per heavy atom. The van der Waals surface area contributed by atoms with Gasteiger partial charge in [0.25, 0.3) is 5.69 Å². The van der Waals surface area contributed by atoms with E-state index in [-0.39, 0.29) is 10.6 Å². The quantitative estimate of drug-likeness (QED) is 0.639. The molecule has 0 atom stereocenters. The van der Waals surface area contributed by atoms with Gasteiger partial charge >= 0.3 is 0 Å². The standard InChI is InChI=1S/C14H22N4O2/c1-3-8-15-13-9-12(18(19)20)10-14(16-13)17(2)11-6-4-5-7-11/h9-11H,3-8H2,1-2H3,(H,15,16). The normalized spacial score (nSPS) is 15.3. The minimum absolute atomic E-state index is 0.0958. The lowest BCUT2D eigenvalue weighted by Crippen LogP contribution is -2.29. The molecule has 1 fully saturated rings. The molecule has 6 heteroatoms. The molecule has 0 bridgehead atoms. The van der Waals surface area contributed by atoms with Crippen LogP contribution in [0, 0.1) is 10.1 Å². The molecule has 0 unspecified atom stereocenters. The Kier molecular flexibility index (Phi) is 4.76. The predicted octanol–water partition coefficient (Wildman–Crippen LogP) is 3.19. The molecule has 1 saturated carbocycles. The fourth-order valence-corrected chi connectivity index (χ4v) is 2.61. The van der Waals surface area contributed by atoms with Crippen LogP contribution >= 0.6 is 0 Å². The maximum Gasteiger partial charge on any atom is 0.276 e. The molecule has 1 heterocycles. The number of rotatable bonds is 6. The molecule has 0 radical (unpaired) electrons. The number of hydrogen-bond acceptors (Lipinski definition) is 5. The summed E-state index contributed by atoms with van der Waals surface area (Å²) in [5.74, 6) is 1.27. The van der Waals surface area contributed by atoms with Crippen molar-refractivity contribution in [2.24, 2.45) is 0 Å². The Bertz CT molecular complexity index is 472. The molecule has 0 amide bonds. The summed E-state index contributed by atoms with van der Waals surface area (Å²) in [6.07, 6.45) is 5.69. The molecule has 20 heavy (non-hydrogen) atoms. The third kappa shape index (κ3) is 3.37. The van der Waals surface area contributed by atoms with Gasteiger partial charge in [-0.2, -0.15) is 0 Å². The molecule has 1 aromatic heterocycles. The van der Waals surface area contributed by atoms with Crippen molar-refractivity contribution < 1.29 is 4.92 Å². The number of nitrogens with one attached hydrogen (secondary N) is 1. The smallest absolute Gasteiger partial charge is 0.276 e. The summed E-state index contributed by atoms with van der Waals surface area (Å²) in [5, 5.41) is 14.2. The van der Waals surface area contributed by atoms with Crippen LogP contribution in [0.5, 0.6) is 0 Å². The van der Waals surface area contributed by atoms with Gasteiger partial charge in [0, 0.05) is 19.6 Å². The summed E-state index contributed by atoms with van der Waals surface area (Å²) in [5.41, 5.74) is 0.0958. The highest BCUT2D eigenvalue weighted by molar-refractivity contribution is 5.56. The average molecular weight is 278 g/mol. The van der Waals surface area contributed by atoms with Gasteiger partial charge in [0.1, 0.15) is 11.6 Å². The van der Waals surface area contributed by atoms with E-state index in [1.165, 1.54) is 18.9 Å².